The summed E-state index contributed by atoms with van der Waals surface area (Å²) in [6.07, 6.45) is 1.66. The SMILES string of the molecule is CC(=O)NCCC(=O)Nc1cccc(N2CCCC2=O)c1. The maximum Gasteiger partial charge on any atom is 0.227 e. The van der Waals surface area contributed by atoms with Crippen LogP contribution in [0.5, 0.6) is 0 Å². The molecule has 1 heterocycles. The number of carbonyl (C=O) groups is 3. The van der Waals surface area contributed by atoms with Crippen LogP contribution in [0.1, 0.15) is 26.2 Å². The van der Waals surface area contributed by atoms with E-state index in [1.54, 1.807) is 17.0 Å². The predicted octanol–water partition coefficient (Wildman–Crippen LogP) is 1.28. The van der Waals surface area contributed by atoms with Gasteiger partial charge in [0.05, 0.1) is 0 Å². The molecule has 0 radical (unpaired) electrons. The van der Waals surface area contributed by atoms with Crippen LogP contribution in [0.2, 0.25) is 0 Å². The molecule has 112 valence electrons. The van der Waals surface area contributed by atoms with E-state index in [2.05, 4.69) is 10.6 Å². The minimum Gasteiger partial charge on any atom is -0.356 e. The van der Waals surface area contributed by atoms with Gasteiger partial charge in [-0.1, -0.05) is 6.07 Å². The molecule has 2 rings (SSSR count). The molecule has 0 saturated carbocycles. The van der Waals surface area contributed by atoms with Gasteiger partial charge in [0.25, 0.3) is 0 Å². The Bertz CT molecular complexity index is 557. The zero-order chi connectivity index (χ0) is 15.2. The maximum atomic E-state index is 11.7. The molecule has 0 atom stereocenters. The molecular formula is C15H19N3O3. The van der Waals surface area contributed by atoms with Crippen LogP contribution in [0.15, 0.2) is 24.3 Å². The van der Waals surface area contributed by atoms with Crippen molar-refractivity contribution in [2.45, 2.75) is 26.2 Å². The zero-order valence-electron chi connectivity index (χ0n) is 12.0. The zero-order valence-corrected chi connectivity index (χ0v) is 12.0. The third kappa shape index (κ3) is 4.30. The second-order valence-corrected chi connectivity index (χ2v) is 4.98. The molecule has 0 aliphatic carbocycles. The number of nitrogens with one attached hydrogen (secondary N) is 2. The van der Waals surface area contributed by atoms with Crippen LogP contribution >= 0.6 is 0 Å². The molecule has 21 heavy (non-hydrogen) atoms. The third-order valence-corrected chi connectivity index (χ3v) is 3.24. The summed E-state index contributed by atoms with van der Waals surface area (Å²) in [5.41, 5.74) is 1.46. The Morgan fingerprint density at radius 3 is 2.81 bits per heavy atom. The predicted molar refractivity (Wildman–Crippen MR) is 80.0 cm³/mol. The molecule has 2 N–H and O–H groups in total. The molecule has 0 unspecified atom stereocenters. The monoisotopic (exact) mass is 289 g/mol. The summed E-state index contributed by atoms with van der Waals surface area (Å²) in [4.78, 5) is 35.9. The van der Waals surface area contributed by atoms with E-state index in [-0.39, 0.29) is 24.1 Å². The smallest absolute Gasteiger partial charge is 0.227 e. The van der Waals surface area contributed by atoms with E-state index >= 15 is 0 Å². The molecule has 1 fully saturated rings. The van der Waals surface area contributed by atoms with Gasteiger partial charge in [0.2, 0.25) is 17.7 Å². The van der Waals surface area contributed by atoms with Crippen molar-refractivity contribution in [2.24, 2.45) is 0 Å². The van der Waals surface area contributed by atoms with Crippen molar-refractivity contribution >= 4 is 29.1 Å². The Balaban J connectivity index is 1.93. The maximum absolute atomic E-state index is 11.7. The number of hydrogen-bond donors (Lipinski definition) is 2. The normalized spacial score (nSPS) is 14.1. The van der Waals surface area contributed by atoms with Gasteiger partial charge in [-0.3, -0.25) is 14.4 Å². The minimum absolute atomic E-state index is 0.115. The van der Waals surface area contributed by atoms with Crippen molar-refractivity contribution in [3.05, 3.63) is 24.3 Å². The Morgan fingerprint density at radius 1 is 1.33 bits per heavy atom. The van der Waals surface area contributed by atoms with E-state index in [9.17, 15) is 14.4 Å². The highest BCUT2D eigenvalue weighted by molar-refractivity contribution is 5.97. The standard InChI is InChI=1S/C15H19N3O3/c1-11(19)16-8-7-14(20)17-12-4-2-5-13(10-12)18-9-3-6-15(18)21/h2,4-5,10H,3,6-9H2,1H3,(H,16,19)(H,17,20). The van der Waals surface area contributed by atoms with Crippen LogP contribution in [-0.4, -0.2) is 30.8 Å². The van der Waals surface area contributed by atoms with E-state index < -0.39 is 0 Å². The average molecular weight is 289 g/mol. The molecule has 1 saturated heterocycles. The molecule has 1 aromatic rings. The summed E-state index contributed by atoms with van der Waals surface area (Å²) < 4.78 is 0. The first-order valence-corrected chi connectivity index (χ1v) is 7.01. The first-order valence-electron chi connectivity index (χ1n) is 7.01. The Morgan fingerprint density at radius 2 is 2.14 bits per heavy atom. The van der Waals surface area contributed by atoms with Crippen LogP contribution in [-0.2, 0) is 14.4 Å². The van der Waals surface area contributed by atoms with Crippen molar-refractivity contribution in [1.82, 2.24) is 5.32 Å². The topological polar surface area (TPSA) is 78.5 Å². The quantitative estimate of drug-likeness (QED) is 0.857. The van der Waals surface area contributed by atoms with Crippen molar-refractivity contribution in [2.75, 3.05) is 23.3 Å². The number of amides is 3. The number of carbonyl (C=O) groups excluding carboxylic acids is 3. The summed E-state index contributed by atoms with van der Waals surface area (Å²) in [6.45, 7) is 2.44. The first kappa shape index (κ1) is 15.0. The molecule has 6 nitrogen and oxygen atoms in total. The molecule has 0 aromatic heterocycles. The lowest BCUT2D eigenvalue weighted by atomic mass is 10.2. The lowest BCUT2D eigenvalue weighted by Crippen LogP contribution is -2.25. The van der Waals surface area contributed by atoms with E-state index in [0.29, 0.717) is 18.7 Å². The highest BCUT2D eigenvalue weighted by Gasteiger charge is 2.21. The van der Waals surface area contributed by atoms with Crippen LogP contribution in [0, 0.1) is 0 Å². The van der Waals surface area contributed by atoms with Gasteiger partial charge in [0.15, 0.2) is 0 Å². The molecular weight excluding hydrogens is 270 g/mol. The Kier molecular flexibility index (Phi) is 4.92. The number of hydrogen-bond acceptors (Lipinski definition) is 3. The van der Waals surface area contributed by atoms with Crippen molar-refractivity contribution in [3.63, 3.8) is 0 Å². The van der Waals surface area contributed by atoms with E-state index in [4.69, 9.17) is 0 Å². The second kappa shape index (κ2) is 6.88. The second-order valence-electron chi connectivity index (χ2n) is 4.98. The van der Waals surface area contributed by atoms with Gasteiger partial charge in [0.1, 0.15) is 0 Å². The van der Waals surface area contributed by atoms with E-state index in [1.165, 1.54) is 6.92 Å². The van der Waals surface area contributed by atoms with Gasteiger partial charge in [-0.25, -0.2) is 0 Å². The van der Waals surface area contributed by atoms with Gasteiger partial charge in [-0.2, -0.15) is 0 Å². The molecule has 1 aromatic carbocycles. The molecule has 0 spiro atoms. The lowest BCUT2D eigenvalue weighted by molar-refractivity contribution is -0.119. The number of benzene rings is 1. The van der Waals surface area contributed by atoms with Gasteiger partial charge in [-0.15, -0.1) is 0 Å². The fraction of sp³-hybridized carbons (Fsp3) is 0.400. The van der Waals surface area contributed by atoms with Crippen molar-refractivity contribution in [3.8, 4) is 0 Å². The van der Waals surface area contributed by atoms with E-state index in [1.807, 2.05) is 12.1 Å². The third-order valence-electron chi connectivity index (χ3n) is 3.24. The van der Waals surface area contributed by atoms with Crippen LogP contribution < -0.4 is 15.5 Å². The highest BCUT2D eigenvalue weighted by atomic mass is 16.2. The molecule has 6 heteroatoms. The first-order chi connectivity index (χ1) is 10.1. The number of rotatable bonds is 5. The molecule has 3 amide bonds. The van der Waals surface area contributed by atoms with Gasteiger partial charge in [0, 0.05) is 44.2 Å². The summed E-state index contributed by atoms with van der Waals surface area (Å²) >= 11 is 0. The van der Waals surface area contributed by atoms with E-state index in [0.717, 1.165) is 18.7 Å². The fourth-order valence-corrected chi connectivity index (χ4v) is 2.25. The Hall–Kier alpha value is -2.37. The molecule has 1 aliphatic heterocycles. The molecule has 0 bridgehead atoms. The van der Waals surface area contributed by atoms with Crippen molar-refractivity contribution in [1.29, 1.82) is 0 Å². The lowest BCUT2D eigenvalue weighted by Gasteiger charge is -2.16. The Labute approximate surface area is 123 Å². The van der Waals surface area contributed by atoms with Crippen molar-refractivity contribution < 1.29 is 14.4 Å². The number of anilines is 2. The largest absolute Gasteiger partial charge is 0.356 e. The summed E-state index contributed by atoms with van der Waals surface area (Å²) in [7, 11) is 0. The van der Waals surface area contributed by atoms with Crippen LogP contribution in [0.25, 0.3) is 0 Å². The minimum atomic E-state index is -0.173. The average Bonchev–Trinajstić information content (AvgIpc) is 2.85. The summed E-state index contributed by atoms with van der Waals surface area (Å²) in [6, 6.07) is 7.24. The van der Waals surface area contributed by atoms with Gasteiger partial charge < -0.3 is 15.5 Å². The van der Waals surface area contributed by atoms with Gasteiger partial charge >= 0.3 is 0 Å². The van der Waals surface area contributed by atoms with Gasteiger partial charge in [-0.05, 0) is 24.6 Å². The molecule has 1 aliphatic rings. The summed E-state index contributed by atoms with van der Waals surface area (Å²) in [5.74, 6) is -0.213. The number of nitrogens with zero attached hydrogens (tertiary/aromatic N) is 1. The van der Waals surface area contributed by atoms with Crippen LogP contribution in [0.4, 0.5) is 11.4 Å². The van der Waals surface area contributed by atoms with Crippen LogP contribution in [0.3, 0.4) is 0 Å². The summed E-state index contributed by atoms with van der Waals surface area (Å²) in [5, 5.41) is 5.34. The highest BCUT2D eigenvalue weighted by Crippen LogP contribution is 2.24. The fourth-order valence-electron chi connectivity index (χ4n) is 2.25.